The van der Waals surface area contributed by atoms with Crippen LogP contribution >= 0.6 is 11.6 Å². The van der Waals surface area contributed by atoms with Gasteiger partial charge in [0.15, 0.2) is 0 Å². The van der Waals surface area contributed by atoms with E-state index in [0.717, 1.165) is 40.2 Å². The van der Waals surface area contributed by atoms with Gasteiger partial charge < -0.3 is 15.1 Å². The second-order valence-corrected chi connectivity index (χ2v) is 9.61. The highest BCUT2D eigenvalue weighted by Gasteiger charge is 2.25. The van der Waals surface area contributed by atoms with Gasteiger partial charge >= 0.3 is 0 Å². The highest BCUT2D eigenvalue weighted by atomic mass is 35.5. The lowest BCUT2D eigenvalue weighted by Gasteiger charge is -2.19. The molecule has 0 bridgehead atoms. The molecule has 0 atom stereocenters. The SMILES string of the molecule is CN(C)c1cc(C(=O)Nc2ccc3c(c2)CCN3C(=O)Cc2ccccn2)c(-c2ccccc2)cc1Cl. The molecule has 1 aliphatic heterocycles. The van der Waals surface area contributed by atoms with E-state index in [-0.39, 0.29) is 18.2 Å². The largest absolute Gasteiger partial charge is 0.376 e. The van der Waals surface area contributed by atoms with Gasteiger partial charge in [0.1, 0.15) is 0 Å². The highest BCUT2D eigenvalue weighted by Crippen LogP contribution is 2.35. The zero-order chi connectivity index (χ0) is 25.9. The standard InChI is InChI=1S/C30H27ClN4O2/c1-34(2)28-19-25(24(18-26(28)31)20-8-4-3-5-9-20)30(37)33-23-11-12-27-21(16-23)13-15-35(27)29(36)17-22-10-6-7-14-32-22/h3-12,14,16,18-19H,13,15,17H2,1-2H3,(H,33,37). The summed E-state index contributed by atoms with van der Waals surface area (Å²) in [4.78, 5) is 34.4. The average molecular weight is 511 g/mol. The Morgan fingerprint density at radius 3 is 2.51 bits per heavy atom. The van der Waals surface area contributed by atoms with Crippen molar-refractivity contribution in [3.05, 3.63) is 107 Å². The Kier molecular flexibility index (Phi) is 6.93. The number of benzene rings is 3. The van der Waals surface area contributed by atoms with Crippen molar-refractivity contribution >= 4 is 40.5 Å². The first-order valence-electron chi connectivity index (χ1n) is 12.1. The molecule has 1 aromatic heterocycles. The maximum atomic E-state index is 13.5. The first kappa shape index (κ1) is 24.5. The van der Waals surface area contributed by atoms with Crippen LogP contribution in [0.3, 0.4) is 0 Å². The Bertz CT molecular complexity index is 1460. The third-order valence-electron chi connectivity index (χ3n) is 6.49. The van der Waals surface area contributed by atoms with Crippen LogP contribution in [0.2, 0.25) is 5.02 Å². The molecule has 5 rings (SSSR count). The van der Waals surface area contributed by atoms with Gasteiger partial charge in [-0.05, 0) is 65.6 Å². The molecule has 4 aromatic rings. The number of fused-ring (bicyclic) bond motifs is 1. The van der Waals surface area contributed by atoms with Gasteiger partial charge in [-0.3, -0.25) is 14.6 Å². The molecule has 0 fully saturated rings. The Morgan fingerprint density at radius 1 is 1.00 bits per heavy atom. The zero-order valence-electron chi connectivity index (χ0n) is 20.7. The van der Waals surface area contributed by atoms with E-state index >= 15 is 0 Å². The molecule has 37 heavy (non-hydrogen) atoms. The molecular weight excluding hydrogens is 484 g/mol. The van der Waals surface area contributed by atoms with Gasteiger partial charge in [-0.15, -0.1) is 0 Å². The summed E-state index contributed by atoms with van der Waals surface area (Å²) in [6.45, 7) is 0.611. The van der Waals surface area contributed by atoms with Crippen LogP contribution in [0, 0.1) is 0 Å². The van der Waals surface area contributed by atoms with E-state index in [4.69, 9.17) is 11.6 Å². The van der Waals surface area contributed by atoms with Crippen LogP contribution in [0.25, 0.3) is 11.1 Å². The molecule has 0 spiro atoms. The third kappa shape index (κ3) is 5.20. The van der Waals surface area contributed by atoms with E-state index in [0.29, 0.717) is 22.8 Å². The summed E-state index contributed by atoms with van der Waals surface area (Å²) in [5.41, 5.74) is 6.32. The lowest BCUT2D eigenvalue weighted by Crippen LogP contribution is -2.30. The number of aromatic nitrogens is 1. The van der Waals surface area contributed by atoms with Gasteiger partial charge in [0, 0.05) is 49.5 Å². The smallest absolute Gasteiger partial charge is 0.256 e. The number of carbonyl (C=O) groups is 2. The normalized spacial score (nSPS) is 12.2. The van der Waals surface area contributed by atoms with Crippen molar-refractivity contribution in [2.24, 2.45) is 0 Å². The van der Waals surface area contributed by atoms with Gasteiger partial charge in [-0.1, -0.05) is 48.0 Å². The predicted octanol–water partition coefficient (Wildman–Crippen LogP) is 5.85. The molecule has 2 heterocycles. The zero-order valence-corrected chi connectivity index (χ0v) is 21.5. The van der Waals surface area contributed by atoms with Crippen molar-refractivity contribution < 1.29 is 9.59 Å². The molecule has 1 N–H and O–H groups in total. The molecule has 2 amide bonds. The topological polar surface area (TPSA) is 65.5 Å². The van der Waals surface area contributed by atoms with Gasteiger partial charge in [0.2, 0.25) is 5.91 Å². The summed E-state index contributed by atoms with van der Waals surface area (Å²) in [5.74, 6) is -0.209. The summed E-state index contributed by atoms with van der Waals surface area (Å²) in [7, 11) is 3.79. The van der Waals surface area contributed by atoms with E-state index in [2.05, 4.69) is 10.3 Å². The molecule has 0 unspecified atom stereocenters. The second kappa shape index (κ2) is 10.4. The Labute approximate surface area is 221 Å². The number of hydrogen-bond acceptors (Lipinski definition) is 4. The number of hydrogen-bond donors (Lipinski definition) is 1. The van der Waals surface area contributed by atoms with E-state index in [1.54, 1.807) is 11.1 Å². The number of anilines is 3. The summed E-state index contributed by atoms with van der Waals surface area (Å²) < 4.78 is 0. The van der Waals surface area contributed by atoms with Gasteiger partial charge in [0.05, 0.1) is 17.1 Å². The fraction of sp³-hybridized carbons (Fsp3) is 0.167. The number of pyridine rings is 1. The lowest BCUT2D eigenvalue weighted by molar-refractivity contribution is -0.117. The number of rotatable bonds is 6. The van der Waals surface area contributed by atoms with Crippen molar-refractivity contribution in [3.8, 4) is 11.1 Å². The number of carbonyl (C=O) groups excluding carboxylic acids is 2. The van der Waals surface area contributed by atoms with E-state index in [1.807, 2.05) is 97.9 Å². The molecule has 0 saturated carbocycles. The molecule has 0 saturated heterocycles. The van der Waals surface area contributed by atoms with Gasteiger partial charge in [0.25, 0.3) is 5.91 Å². The number of nitrogens with zero attached hydrogens (tertiary/aromatic N) is 3. The number of amides is 2. The molecule has 7 heteroatoms. The number of halogens is 1. The predicted molar refractivity (Wildman–Crippen MR) is 150 cm³/mol. The minimum Gasteiger partial charge on any atom is -0.376 e. The fourth-order valence-corrected chi connectivity index (χ4v) is 4.97. The molecular formula is C30H27ClN4O2. The molecule has 0 radical (unpaired) electrons. The third-order valence-corrected chi connectivity index (χ3v) is 6.79. The van der Waals surface area contributed by atoms with Crippen molar-refractivity contribution in [1.29, 1.82) is 0 Å². The summed E-state index contributed by atoms with van der Waals surface area (Å²) in [6.07, 6.45) is 2.68. The molecule has 186 valence electrons. The van der Waals surface area contributed by atoms with Crippen LogP contribution in [-0.2, 0) is 17.6 Å². The molecule has 0 aliphatic carbocycles. The molecule has 6 nitrogen and oxygen atoms in total. The molecule has 3 aromatic carbocycles. The Hall–Kier alpha value is -4.16. The maximum Gasteiger partial charge on any atom is 0.256 e. The maximum absolute atomic E-state index is 13.5. The van der Waals surface area contributed by atoms with Gasteiger partial charge in [-0.25, -0.2) is 0 Å². The summed E-state index contributed by atoms with van der Waals surface area (Å²) in [6, 6.07) is 24.7. The van der Waals surface area contributed by atoms with E-state index in [9.17, 15) is 9.59 Å². The highest BCUT2D eigenvalue weighted by molar-refractivity contribution is 6.34. The fourth-order valence-electron chi connectivity index (χ4n) is 4.64. The van der Waals surface area contributed by atoms with Gasteiger partial charge in [-0.2, -0.15) is 0 Å². The first-order chi connectivity index (χ1) is 17.9. The minimum absolute atomic E-state index is 0.0131. The summed E-state index contributed by atoms with van der Waals surface area (Å²) in [5, 5.41) is 3.63. The lowest BCUT2D eigenvalue weighted by atomic mass is 9.98. The van der Waals surface area contributed by atoms with E-state index in [1.165, 1.54) is 0 Å². The van der Waals surface area contributed by atoms with Crippen molar-refractivity contribution in [2.75, 3.05) is 35.8 Å². The monoisotopic (exact) mass is 510 g/mol. The Balaban J connectivity index is 1.39. The second-order valence-electron chi connectivity index (χ2n) is 9.20. The first-order valence-corrected chi connectivity index (χ1v) is 12.5. The van der Waals surface area contributed by atoms with Crippen molar-refractivity contribution in [1.82, 2.24) is 4.98 Å². The van der Waals surface area contributed by atoms with E-state index < -0.39 is 0 Å². The van der Waals surface area contributed by atoms with Crippen LogP contribution in [0.15, 0.2) is 85.1 Å². The Morgan fingerprint density at radius 2 is 1.78 bits per heavy atom. The number of nitrogens with one attached hydrogen (secondary N) is 1. The summed E-state index contributed by atoms with van der Waals surface area (Å²) >= 11 is 6.56. The van der Waals surface area contributed by atoms with Crippen LogP contribution < -0.4 is 15.1 Å². The van der Waals surface area contributed by atoms with Crippen LogP contribution in [0.1, 0.15) is 21.6 Å². The quantitative estimate of drug-likeness (QED) is 0.353. The van der Waals surface area contributed by atoms with Crippen LogP contribution in [0.4, 0.5) is 17.1 Å². The average Bonchev–Trinajstić information content (AvgIpc) is 3.33. The van der Waals surface area contributed by atoms with Crippen LogP contribution in [-0.4, -0.2) is 37.4 Å². The van der Waals surface area contributed by atoms with Crippen molar-refractivity contribution in [3.63, 3.8) is 0 Å². The molecule has 1 aliphatic rings. The minimum atomic E-state index is -0.223. The van der Waals surface area contributed by atoms with Crippen LogP contribution in [0.5, 0.6) is 0 Å². The van der Waals surface area contributed by atoms with Crippen molar-refractivity contribution in [2.45, 2.75) is 12.8 Å².